The molecule has 1 aliphatic rings. The van der Waals surface area contributed by atoms with Crippen molar-refractivity contribution >= 4 is 17.3 Å². The number of hydrogen-bond acceptors (Lipinski definition) is 4. The lowest BCUT2D eigenvalue weighted by molar-refractivity contribution is -0.117. The molecule has 0 fully saturated rings. The van der Waals surface area contributed by atoms with Crippen LogP contribution in [0.3, 0.4) is 0 Å². The van der Waals surface area contributed by atoms with Crippen LogP contribution in [0.4, 0.5) is 11.4 Å². The van der Waals surface area contributed by atoms with Crippen LogP contribution in [0, 0.1) is 0 Å². The summed E-state index contributed by atoms with van der Waals surface area (Å²) in [7, 11) is 1.78. The van der Waals surface area contributed by atoms with Crippen molar-refractivity contribution in [2.45, 2.75) is 12.5 Å². The van der Waals surface area contributed by atoms with Gasteiger partial charge >= 0.3 is 0 Å². The van der Waals surface area contributed by atoms with Crippen LogP contribution in [0.5, 0.6) is 0 Å². The number of nitrogens with zero attached hydrogens (tertiary/aromatic N) is 1. The van der Waals surface area contributed by atoms with Gasteiger partial charge in [-0.15, -0.1) is 0 Å². The number of nitrogens with one attached hydrogen (secondary N) is 1. The van der Waals surface area contributed by atoms with Gasteiger partial charge in [0.1, 0.15) is 0 Å². The molecular formula is C12H17N3O2. The van der Waals surface area contributed by atoms with Crippen LogP contribution in [0.2, 0.25) is 0 Å². The van der Waals surface area contributed by atoms with E-state index in [-0.39, 0.29) is 18.6 Å². The van der Waals surface area contributed by atoms with E-state index in [1.807, 2.05) is 18.2 Å². The van der Waals surface area contributed by atoms with E-state index in [0.29, 0.717) is 13.0 Å². The number of rotatable bonds is 4. The molecule has 0 aromatic heterocycles. The van der Waals surface area contributed by atoms with Crippen LogP contribution in [0.15, 0.2) is 18.2 Å². The van der Waals surface area contributed by atoms with Crippen molar-refractivity contribution < 1.29 is 9.90 Å². The standard InChI is InChI=1S/C12H17N3O2/c1-15-11-3-2-10(14-6-9(13)7-16)4-8(11)5-12(15)17/h2-4,9,14,16H,5-7,13H2,1H3. The first-order valence-corrected chi connectivity index (χ1v) is 5.61. The number of anilines is 2. The Kier molecular flexibility index (Phi) is 3.31. The summed E-state index contributed by atoms with van der Waals surface area (Å²) < 4.78 is 0. The van der Waals surface area contributed by atoms with Crippen molar-refractivity contribution in [2.75, 3.05) is 30.4 Å². The monoisotopic (exact) mass is 235 g/mol. The highest BCUT2D eigenvalue weighted by Crippen LogP contribution is 2.29. The second-order valence-electron chi connectivity index (χ2n) is 4.30. The molecule has 0 bridgehead atoms. The van der Waals surface area contributed by atoms with Crippen LogP contribution in [-0.2, 0) is 11.2 Å². The summed E-state index contributed by atoms with van der Waals surface area (Å²) in [6.45, 7) is 0.470. The molecule has 1 aliphatic heterocycles. The number of likely N-dealkylation sites (N-methyl/N-ethyl adjacent to an activating group) is 1. The minimum atomic E-state index is -0.271. The Hall–Kier alpha value is -1.59. The zero-order valence-electron chi connectivity index (χ0n) is 9.81. The normalized spacial score (nSPS) is 15.9. The summed E-state index contributed by atoms with van der Waals surface area (Å²) in [5, 5.41) is 12.0. The van der Waals surface area contributed by atoms with Gasteiger partial charge in [0.2, 0.25) is 5.91 Å². The molecule has 1 aromatic carbocycles. The molecule has 1 amide bonds. The molecule has 92 valence electrons. The smallest absolute Gasteiger partial charge is 0.231 e. The number of carbonyl (C=O) groups is 1. The van der Waals surface area contributed by atoms with Crippen molar-refractivity contribution in [3.05, 3.63) is 23.8 Å². The molecular weight excluding hydrogens is 218 g/mol. The Morgan fingerprint density at radius 2 is 2.35 bits per heavy atom. The summed E-state index contributed by atoms with van der Waals surface area (Å²) in [6, 6.07) is 5.53. The average Bonchev–Trinajstić information content (AvgIpc) is 2.62. The van der Waals surface area contributed by atoms with E-state index in [2.05, 4.69) is 5.32 Å². The van der Waals surface area contributed by atoms with Gasteiger partial charge in [-0.3, -0.25) is 4.79 Å². The topological polar surface area (TPSA) is 78.6 Å². The number of nitrogens with two attached hydrogens (primary N) is 1. The third-order valence-electron chi connectivity index (χ3n) is 2.96. The van der Waals surface area contributed by atoms with Crippen LogP contribution >= 0.6 is 0 Å². The van der Waals surface area contributed by atoms with Crippen LogP contribution in [-0.4, -0.2) is 37.3 Å². The lowest BCUT2D eigenvalue weighted by Gasteiger charge is -2.13. The minimum absolute atomic E-state index is 0.0425. The Morgan fingerprint density at radius 3 is 3.06 bits per heavy atom. The van der Waals surface area contributed by atoms with Gasteiger partial charge in [0.05, 0.1) is 13.0 Å². The van der Waals surface area contributed by atoms with Crippen LogP contribution in [0.1, 0.15) is 5.56 Å². The zero-order valence-corrected chi connectivity index (χ0v) is 9.81. The number of amides is 1. The first-order valence-electron chi connectivity index (χ1n) is 5.61. The maximum Gasteiger partial charge on any atom is 0.231 e. The quantitative estimate of drug-likeness (QED) is 0.683. The summed E-state index contributed by atoms with van der Waals surface area (Å²) in [5.41, 5.74) is 8.52. The van der Waals surface area contributed by atoms with Crippen molar-refractivity contribution in [3.8, 4) is 0 Å². The number of benzene rings is 1. The Bertz CT molecular complexity index is 434. The number of aliphatic hydroxyl groups excluding tert-OH is 1. The van der Waals surface area contributed by atoms with Crippen LogP contribution in [0.25, 0.3) is 0 Å². The third kappa shape index (κ3) is 2.40. The highest BCUT2D eigenvalue weighted by atomic mass is 16.3. The maximum atomic E-state index is 11.5. The number of carbonyl (C=O) groups excluding carboxylic acids is 1. The van der Waals surface area contributed by atoms with Gasteiger partial charge in [-0.25, -0.2) is 0 Å². The molecule has 0 spiro atoms. The molecule has 5 heteroatoms. The molecule has 1 aromatic rings. The molecule has 1 unspecified atom stereocenters. The highest BCUT2D eigenvalue weighted by molar-refractivity contribution is 6.01. The van der Waals surface area contributed by atoms with E-state index in [9.17, 15) is 4.79 Å². The van der Waals surface area contributed by atoms with Crippen molar-refractivity contribution in [3.63, 3.8) is 0 Å². The molecule has 5 nitrogen and oxygen atoms in total. The van der Waals surface area contributed by atoms with Crippen molar-refractivity contribution in [2.24, 2.45) is 5.73 Å². The highest BCUT2D eigenvalue weighted by Gasteiger charge is 2.23. The van der Waals surface area contributed by atoms with Crippen LogP contribution < -0.4 is 16.0 Å². The van der Waals surface area contributed by atoms with Crippen molar-refractivity contribution in [1.29, 1.82) is 0 Å². The van der Waals surface area contributed by atoms with Gasteiger partial charge in [0.15, 0.2) is 0 Å². The molecule has 1 atom stereocenters. The fourth-order valence-corrected chi connectivity index (χ4v) is 1.89. The lowest BCUT2D eigenvalue weighted by atomic mass is 10.1. The van der Waals surface area contributed by atoms with Gasteiger partial charge in [0, 0.05) is 31.0 Å². The summed E-state index contributed by atoms with van der Waals surface area (Å²) in [6.07, 6.45) is 0.452. The molecule has 1 heterocycles. The molecule has 0 radical (unpaired) electrons. The van der Waals surface area contributed by atoms with E-state index in [1.165, 1.54) is 0 Å². The predicted molar refractivity (Wildman–Crippen MR) is 67.1 cm³/mol. The lowest BCUT2D eigenvalue weighted by Crippen LogP contribution is -2.32. The fourth-order valence-electron chi connectivity index (χ4n) is 1.89. The first kappa shape index (κ1) is 11.9. The van der Waals surface area contributed by atoms with Gasteiger partial charge in [-0.2, -0.15) is 0 Å². The SMILES string of the molecule is CN1C(=O)Cc2cc(NCC(N)CO)ccc21. The average molecular weight is 235 g/mol. The summed E-state index contributed by atoms with van der Waals surface area (Å²) >= 11 is 0. The second kappa shape index (κ2) is 4.73. The largest absolute Gasteiger partial charge is 0.395 e. The zero-order chi connectivity index (χ0) is 12.4. The van der Waals surface area contributed by atoms with Crippen molar-refractivity contribution in [1.82, 2.24) is 0 Å². The van der Waals surface area contributed by atoms with E-state index in [4.69, 9.17) is 10.8 Å². The molecule has 0 saturated heterocycles. The first-order chi connectivity index (χ1) is 8.11. The summed E-state index contributed by atoms with van der Waals surface area (Å²) in [4.78, 5) is 13.2. The Morgan fingerprint density at radius 1 is 1.59 bits per heavy atom. The van der Waals surface area contributed by atoms with E-state index < -0.39 is 0 Å². The Balaban J connectivity index is 2.08. The summed E-state index contributed by atoms with van der Waals surface area (Å²) in [5.74, 6) is 0.115. The predicted octanol–water partition coefficient (Wildman–Crippen LogP) is -0.0630. The molecule has 0 saturated carbocycles. The molecule has 4 N–H and O–H groups in total. The van der Waals surface area contributed by atoms with E-state index >= 15 is 0 Å². The Labute approximate surface area is 100 Å². The minimum Gasteiger partial charge on any atom is -0.395 e. The maximum absolute atomic E-state index is 11.5. The fraction of sp³-hybridized carbons (Fsp3) is 0.417. The molecule has 0 aliphatic carbocycles. The van der Waals surface area contributed by atoms with Gasteiger partial charge in [-0.1, -0.05) is 0 Å². The third-order valence-corrected chi connectivity index (χ3v) is 2.96. The number of hydrogen-bond donors (Lipinski definition) is 3. The molecule has 2 rings (SSSR count). The van der Waals surface area contributed by atoms with E-state index in [0.717, 1.165) is 16.9 Å². The van der Waals surface area contributed by atoms with Gasteiger partial charge < -0.3 is 21.1 Å². The second-order valence-corrected chi connectivity index (χ2v) is 4.30. The van der Waals surface area contributed by atoms with E-state index in [1.54, 1.807) is 11.9 Å². The van der Waals surface area contributed by atoms with Gasteiger partial charge in [-0.05, 0) is 23.8 Å². The number of fused-ring (bicyclic) bond motifs is 1. The molecule has 17 heavy (non-hydrogen) atoms. The number of aliphatic hydroxyl groups is 1. The van der Waals surface area contributed by atoms with Gasteiger partial charge in [0.25, 0.3) is 0 Å².